The average molecular weight is 308 g/mol. The molecule has 1 amide bonds. The van der Waals surface area contributed by atoms with E-state index in [0.717, 1.165) is 0 Å². The molecule has 0 aliphatic rings. The van der Waals surface area contributed by atoms with Crippen molar-refractivity contribution >= 4 is 18.2 Å². The van der Waals surface area contributed by atoms with Crippen LogP contribution >= 0.6 is 0 Å². The minimum Gasteiger partial charge on any atom is -0.352 e. The molecule has 1 heterocycles. The lowest BCUT2D eigenvalue weighted by atomic mass is 10.1. The zero-order valence-electron chi connectivity index (χ0n) is 11.6. The van der Waals surface area contributed by atoms with Gasteiger partial charge < -0.3 is 15.4 Å². The van der Waals surface area contributed by atoms with E-state index in [1.165, 1.54) is 12.4 Å². The molecule has 0 saturated carbocycles. The van der Waals surface area contributed by atoms with Crippen LogP contribution in [0.4, 0.5) is 0 Å². The van der Waals surface area contributed by atoms with Crippen LogP contribution in [0.25, 0.3) is 0 Å². The van der Waals surface area contributed by atoms with Crippen LogP contribution in [0, 0.1) is 15.5 Å². The number of amides is 1. The van der Waals surface area contributed by atoms with E-state index < -0.39 is 22.9 Å². The quantitative estimate of drug-likeness (QED) is 0.126. The largest absolute Gasteiger partial charge is 0.352 e. The number of hydrogen-bond donors (Lipinski definition) is 4. The Balaban J connectivity index is 2.31. The SMILES string of the molecule is N=C(NCCCC(C=O)NC(=O)c1cccnc1)N[N+](=O)[O-]. The topological polar surface area (TPSA) is 150 Å². The van der Waals surface area contributed by atoms with E-state index in [4.69, 9.17) is 5.41 Å². The van der Waals surface area contributed by atoms with Crippen LogP contribution < -0.4 is 16.1 Å². The fourth-order valence-corrected chi connectivity index (χ4v) is 1.59. The third kappa shape index (κ3) is 6.41. The summed E-state index contributed by atoms with van der Waals surface area (Å²) in [6, 6.07) is 2.52. The summed E-state index contributed by atoms with van der Waals surface area (Å²) in [6.07, 6.45) is 4.33. The number of pyridine rings is 1. The molecule has 10 nitrogen and oxygen atoms in total. The van der Waals surface area contributed by atoms with Gasteiger partial charge >= 0.3 is 0 Å². The molecule has 0 aliphatic heterocycles. The summed E-state index contributed by atoms with van der Waals surface area (Å²) in [5, 5.41) is 21.4. The molecule has 0 radical (unpaired) electrons. The van der Waals surface area contributed by atoms with Gasteiger partial charge in [0.25, 0.3) is 11.9 Å². The Labute approximate surface area is 125 Å². The Morgan fingerprint density at radius 1 is 1.55 bits per heavy atom. The lowest BCUT2D eigenvalue weighted by Gasteiger charge is -2.13. The van der Waals surface area contributed by atoms with Crippen LogP contribution in [0.1, 0.15) is 23.2 Å². The zero-order chi connectivity index (χ0) is 16.4. The van der Waals surface area contributed by atoms with E-state index in [2.05, 4.69) is 15.6 Å². The Bertz CT molecular complexity index is 536. The van der Waals surface area contributed by atoms with E-state index in [1.807, 2.05) is 0 Å². The van der Waals surface area contributed by atoms with Crippen LogP contribution in [0.2, 0.25) is 0 Å². The standard InChI is InChI=1S/C12H16N6O4/c13-12(17-18(21)22)15-6-2-4-10(8-19)16-11(20)9-3-1-5-14-7-9/h1,3,5,7-8,10H,2,4,6H2,(H,16,20)(H3,13,15,17). The van der Waals surface area contributed by atoms with Crippen molar-refractivity contribution < 1.29 is 14.6 Å². The van der Waals surface area contributed by atoms with Crippen molar-refractivity contribution in [2.75, 3.05) is 6.54 Å². The number of carbonyl (C=O) groups excluding carboxylic acids is 2. The lowest BCUT2D eigenvalue weighted by Crippen LogP contribution is -2.41. The molecule has 1 aromatic rings. The third-order valence-electron chi connectivity index (χ3n) is 2.60. The maximum atomic E-state index is 11.8. The van der Waals surface area contributed by atoms with Crippen LogP contribution in [0.15, 0.2) is 24.5 Å². The summed E-state index contributed by atoms with van der Waals surface area (Å²) < 4.78 is 0. The number of nitro groups is 1. The van der Waals surface area contributed by atoms with Gasteiger partial charge in [-0.15, -0.1) is 0 Å². The molecule has 0 fully saturated rings. The molecular weight excluding hydrogens is 292 g/mol. The molecule has 118 valence electrons. The number of hydrazine groups is 1. The van der Waals surface area contributed by atoms with E-state index in [9.17, 15) is 19.7 Å². The summed E-state index contributed by atoms with van der Waals surface area (Å²) in [5.41, 5.74) is 2.00. The first-order valence-corrected chi connectivity index (χ1v) is 6.42. The highest BCUT2D eigenvalue weighted by Gasteiger charge is 2.13. The maximum Gasteiger partial charge on any atom is 0.253 e. The summed E-state index contributed by atoms with van der Waals surface area (Å²) in [6.45, 7) is 0.257. The fourth-order valence-electron chi connectivity index (χ4n) is 1.59. The van der Waals surface area contributed by atoms with Gasteiger partial charge in [0.1, 0.15) is 6.29 Å². The second-order valence-corrected chi connectivity index (χ2v) is 4.27. The minimum absolute atomic E-state index is 0.257. The number of aromatic nitrogens is 1. The van der Waals surface area contributed by atoms with Gasteiger partial charge in [0.15, 0.2) is 5.03 Å². The second-order valence-electron chi connectivity index (χ2n) is 4.27. The molecule has 1 rings (SSSR count). The number of guanidine groups is 1. The molecular formula is C12H16N6O4. The van der Waals surface area contributed by atoms with Gasteiger partial charge in [-0.3, -0.25) is 15.2 Å². The van der Waals surface area contributed by atoms with Crippen LogP contribution in [0.3, 0.4) is 0 Å². The number of aldehydes is 1. The monoisotopic (exact) mass is 308 g/mol. The van der Waals surface area contributed by atoms with Crippen LogP contribution in [-0.4, -0.2) is 40.8 Å². The van der Waals surface area contributed by atoms with Crippen molar-refractivity contribution in [2.45, 2.75) is 18.9 Å². The van der Waals surface area contributed by atoms with E-state index in [1.54, 1.807) is 17.6 Å². The summed E-state index contributed by atoms with van der Waals surface area (Å²) >= 11 is 0. The van der Waals surface area contributed by atoms with Crippen molar-refractivity contribution in [3.05, 3.63) is 40.2 Å². The molecule has 0 spiro atoms. The highest BCUT2D eigenvalue weighted by Crippen LogP contribution is 1.99. The van der Waals surface area contributed by atoms with Gasteiger partial charge in [-0.1, -0.05) is 5.43 Å². The van der Waals surface area contributed by atoms with Gasteiger partial charge in [-0.25, -0.2) is 10.1 Å². The predicted molar refractivity (Wildman–Crippen MR) is 76.6 cm³/mol. The molecule has 1 aromatic heterocycles. The van der Waals surface area contributed by atoms with Gasteiger partial charge in [-0.05, 0) is 25.0 Å². The summed E-state index contributed by atoms with van der Waals surface area (Å²) in [4.78, 5) is 36.7. The fraction of sp³-hybridized carbons (Fsp3) is 0.333. The molecule has 4 N–H and O–H groups in total. The molecule has 22 heavy (non-hydrogen) atoms. The van der Waals surface area contributed by atoms with Gasteiger partial charge in [0.05, 0.1) is 11.6 Å². The summed E-state index contributed by atoms with van der Waals surface area (Å²) in [7, 11) is 0. The van der Waals surface area contributed by atoms with Crippen molar-refractivity contribution in [2.24, 2.45) is 0 Å². The van der Waals surface area contributed by atoms with Crippen molar-refractivity contribution in [3.8, 4) is 0 Å². The van der Waals surface area contributed by atoms with Gasteiger partial charge in [0.2, 0.25) is 0 Å². The molecule has 0 saturated heterocycles. The van der Waals surface area contributed by atoms with Crippen LogP contribution in [0.5, 0.6) is 0 Å². The second kappa shape index (κ2) is 9.00. The Kier molecular flexibility index (Phi) is 6.96. The van der Waals surface area contributed by atoms with Crippen molar-refractivity contribution in [1.29, 1.82) is 5.41 Å². The molecule has 1 unspecified atom stereocenters. The maximum absolute atomic E-state index is 11.8. The number of rotatable bonds is 8. The van der Waals surface area contributed by atoms with Crippen molar-refractivity contribution in [1.82, 2.24) is 21.0 Å². The Morgan fingerprint density at radius 3 is 2.91 bits per heavy atom. The molecule has 0 aromatic carbocycles. The Morgan fingerprint density at radius 2 is 2.32 bits per heavy atom. The van der Waals surface area contributed by atoms with Gasteiger partial charge in [-0.2, -0.15) is 0 Å². The smallest absolute Gasteiger partial charge is 0.253 e. The zero-order valence-corrected chi connectivity index (χ0v) is 11.6. The van der Waals surface area contributed by atoms with Crippen molar-refractivity contribution in [3.63, 3.8) is 0 Å². The number of carbonyl (C=O) groups is 2. The third-order valence-corrected chi connectivity index (χ3v) is 2.60. The average Bonchev–Trinajstić information content (AvgIpc) is 2.50. The molecule has 0 aliphatic carbocycles. The van der Waals surface area contributed by atoms with Gasteiger partial charge in [0, 0.05) is 18.9 Å². The highest BCUT2D eigenvalue weighted by molar-refractivity contribution is 5.95. The Hall–Kier alpha value is -3.04. The highest BCUT2D eigenvalue weighted by atomic mass is 16.7. The van der Waals surface area contributed by atoms with E-state index in [0.29, 0.717) is 24.7 Å². The first-order valence-electron chi connectivity index (χ1n) is 6.42. The number of hydrogen-bond acceptors (Lipinski definition) is 6. The first kappa shape index (κ1) is 17.0. The predicted octanol–water partition coefficient (Wildman–Crippen LogP) is -0.535. The molecule has 10 heteroatoms. The first-order chi connectivity index (χ1) is 10.5. The van der Waals surface area contributed by atoms with E-state index >= 15 is 0 Å². The molecule has 0 bridgehead atoms. The van der Waals surface area contributed by atoms with E-state index in [-0.39, 0.29) is 6.54 Å². The lowest BCUT2D eigenvalue weighted by molar-refractivity contribution is -0.525. The number of nitrogens with zero attached hydrogens (tertiary/aromatic N) is 2. The normalized spacial score (nSPS) is 11.1. The van der Waals surface area contributed by atoms with Crippen LogP contribution in [-0.2, 0) is 4.79 Å². The molecule has 1 atom stereocenters. The summed E-state index contributed by atoms with van der Waals surface area (Å²) in [5.74, 6) is -0.840. The minimum atomic E-state index is -0.850. The number of nitrogens with one attached hydrogen (secondary N) is 4.